The summed E-state index contributed by atoms with van der Waals surface area (Å²) in [5.41, 5.74) is 6.53. The second-order valence-electron chi connectivity index (χ2n) is 4.14. The number of nitrogens with one attached hydrogen (secondary N) is 1. The van der Waals surface area contributed by atoms with E-state index in [2.05, 4.69) is 10.6 Å². The molecule has 0 fully saturated rings. The Morgan fingerprint density at radius 3 is 2.52 bits per heavy atom. The van der Waals surface area contributed by atoms with Gasteiger partial charge in [-0.1, -0.05) is 35.2 Å². The number of terminal acetylenes is 1. The normalized spacial score (nSPS) is 10.9. The van der Waals surface area contributed by atoms with Crippen LogP contribution in [0.1, 0.15) is 5.56 Å². The number of sulfonamides is 1. The summed E-state index contributed by atoms with van der Waals surface area (Å²) in [5.74, 6) is 2.42. The molecule has 2 rings (SSSR count). The van der Waals surface area contributed by atoms with Crippen molar-refractivity contribution in [1.29, 1.82) is 0 Å². The maximum Gasteiger partial charge on any atom is 0.265 e. The predicted octanol–water partition coefficient (Wildman–Crippen LogP) is 3.36. The molecule has 0 heterocycles. The van der Waals surface area contributed by atoms with Crippen molar-refractivity contribution in [3.05, 3.63) is 52.0 Å². The summed E-state index contributed by atoms with van der Waals surface area (Å²) in [5, 5.41) is 0.200. The van der Waals surface area contributed by atoms with Crippen LogP contribution in [0.5, 0.6) is 0 Å². The zero-order valence-electron chi connectivity index (χ0n) is 10.6. The molecule has 0 radical (unpaired) electrons. The fourth-order valence-corrected chi connectivity index (χ4v) is 3.78. The summed E-state index contributed by atoms with van der Waals surface area (Å²) >= 11 is 11.7. The van der Waals surface area contributed by atoms with Gasteiger partial charge in [0.1, 0.15) is 4.90 Å². The van der Waals surface area contributed by atoms with E-state index in [0.717, 1.165) is 0 Å². The fraction of sp³-hybridized carbons (Fsp3) is 0. The van der Waals surface area contributed by atoms with Crippen molar-refractivity contribution in [2.24, 2.45) is 0 Å². The maximum absolute atomic E-state index is 12.4. The third-order valence-corrected chi connectivity index (χ3v) is 4.71. The van der Waals surface area contributed by atoms with Crippen molar-refractivity contribution in [3.63, 3.8) is 0 Å². The van der Waals surface area contributed by atoms with Gasteiger partial charge in [0.15, 0.2) is 0 Å². The van der Waals surface area contributed by atoms with Crippen LogP contribution in [0.3, 0.4) is 0 Å². The maximum atomic E-state index is 12.4. The minimum Gasteiger partial charge on any atom is -0.398 e. The van der Waals surface area contributed by atoms with Gasteiger partial charge in [-0.2, -0.15) is 0 Å². The highest BCUT2D eigenvalue weighted by molar-refractivity contribution is 7.93. The van der Waals surface area contributed by atoms with Crippen molar-refractivity contribution >= 4 is 44.6 Å². The van der Waals surface area contributed by atoms with Gasteiger partial charge in [-0.25, -0.2) is 8.42 Å². The third kappa shape index (κ3) is 3.42. The molecule has 0 aliphatic rings. The average Bonchev–Trinajstić information content (AvgIpc) is 2.36. The molecule has 0 saturated heterocycles. The monoisotopic (exact) mass is 340 g/mol. The van der Waals surface area contributed by atoms with E-state index in [0.29, 0.717) is 11.3 Å². The summed E-state index contributed by atoms with van der Waals surface area (Å²) in [6, 6.07) is 9.04. The molecule has 0 aromatic heterocycles. The van der Waals surface area contributed by atoms with E-state index in [1.165, 1.54) is 18.2 Å². The summed E-state index contributed by atoms with van der Waals surface area (Å²) in [6.07, 6.45) is 5.28. The molecule has 0 atom stereocenters. The lowest BCUT2D eigenvalue weighted by Crippen LogP contribution is -2.15. The van der Waals surface area contributed by atoms with Crippen LogP contribution >= 0.6 is 23.2 Å². The zero-order valence-corrected chi connectivity index (χ0v) is 12.9. The van der Waals surface area contributed by atoms with Crippen LogP contribution < -0.4 is 10.5 Å². The van der Waals surface area contributed by atoms with Gasteiger partial charge < -0.3 is 5.73 Å². The Kier molecular flexibility index (Phi) is 4.33. The predicted molar refractivity (Wildman–Crippen MR) is 86.1 cm³/mol. The second kappa shape index (κ2) is 5.86. The first-order chi connectivity index (χ1) is 9.83. The molecule has 108 valence electrons. The lowest BCUT2D eigenvalue weighted by molar-refractivity contribution is 0.601. The number of nitrogens with two attached hydrogens (primary N) is 1. The molecule has 0 spiro atoms. The molecule has 0 unspecified atom stereocenters. The molecule has 0 aliphatic heterocycles. The van der Waals surface area contributed by atoms with Gasteiger partial charge in [0.25, 0.3) is 10.0 Å². The number of hydrogen-bond acceptors (Lipinski definition) is 3. The minimum atomic E-state index is -3.95. The van der Waals surface area contributed by atoms with Crippen LogP contribution in [0.15, 0.2) is 41.3 Å². The Morgan fingerprint density at radius 1 is 1.19 bits per heavy atom. The largest absolute Gasteiger partial charge is 0.398 e. The van der Waals surface area contributed by atoms with E-state index in [1.54, 1.807) is 18.2 Å². The number of benzene rings is 2. The van der Waals surface area contributed by atoms with Crippen LogP contribution in [0, 0.1) is 12.3 Å². The molecule has 2 aromatic rings. The average molecular weight is 341 g/mol. The van der Waals surface area contributed by atoms with Gasteiger partial charge in [0, 0.05) is 10.6 Å². The van der Waals surface area contributed by atoms with Crippen LogP contribution in [0.4, 0.5) is 11.4 Å². The number of rotatable bonds is 3. The topological polar surface area (TPSA) is 72.2 Å². The van der Waals surface area contributed by atoms with Gasteiger partial charge in [0.05, 0.1) is 16.4 Å². The molecular weight excluding hydrogens is 331 g/mol. The first-order valence-corrected chi connectivity index (χ1v) is 7.91. The molecule has 7 heteroatoms. The SMILES string of the molecule is C#Cc1cccc(NS(=O)(=O)c2c(N)cc(Cl)cc2Cl)c1. The molecule has 0 aliphatic carbocycles. The van der Waals surface area contributed by atoms with E-state index in [9.17, 15) is 8.42 Å². The quantitative estimate of drug-likeness (QED) is 0.664. The van der Waals surface area contributed by atoms with Crippen molar-refractivity contribution in [2.45, 2.75) is 4.90 Å². The lowest BCUT2D eigenvalue weighted by atomic mass is 10.2. The second-order valence-corrected chi connectivity index (χ2v) is 6.60. The Bertz CT molecular complexity index is 819. The highest BCUT2D eigenvalue weighted by Crippen LogP contribution is 2.32. The molecule has 0 bridgehead atoms. The summed E-state index contributed by atoms with van der Waals surface area (Å²) in [7, 11) is -3.95. The number of nitrogen functional groups attached to an aromatic ring is 1. The first-order valence-electron chi connectivity index (χ1n) is 5.67. The van der Waals surface area contributed by atoms with Crippen molar-refractivity contribution in [3.8, 4) is 12.3 Å². The van der Waals surface area contributed by atoms with Crippen LogP contribution in [0.25, 0.3) is 0 Å². The summed E-state index contributed by atoms with van der Waals surface area (Å²) in [6.45, 7) is 0. The molecule has 21 heavy (non-hydrogen) atoms. The van der Waals surface area contributed by atoms with Gasteiger partial charge in [-0.05, 0) is 30.3 Å². The number of hydrogen-bond donors (Lipinski definition) is 2. The molecule has 0 amide bonds. The van der Waals surface area contributed by atoms with E-state index in [-0.39, 0.29) is 20.6 Å². The number of halogens is 2. The van der Waals surface area contributed by atoms with Gasteiger partial charge >= 0.3 is 0 Å². The summed E-state index contributed by atoms with van der Waals surface area (Å²) < 4.78 is 27.1. The van der Waals surface area contributed by atoms with Crippen LogP contribution in [-0.4, -0.2) is 8.42 Å². The lowest BCUT2D eigenvalue weighted by Gasteiger charge is -2.12. The Hall–Kier alpha value is -1.87. The van der Waals surface area contributed by atoms with Crippen LogP contribution in [0.2, 0.25) is 10.0 Å². The van der Waals surface area contributed by atoms with Gasteiger partial charge in [0.2, 0.25) is 0 Å². The van der Waals surface area contributed by atoms with Crippen LogP contribution in [-0.2, 0) is 10.0 Å². The Balaban J connectivity index is 2.46. The fourth-order valence-electron chi connectivity index (χ4n) is 1.74. The van der Waals surface area contributed by atoms with Crippen molar-refractivity contribution < 1.29 is 8.42 Å². The highest BCUT2D eigenvalue weighted by Gasteiger charge is 2.22. The van der Waals surface area contributed by atoms with Crippen molar-refractivity contribution in [2.75, 3.05) is 10.5 Å². The highest BCUT2D eigenvalue weighted by atomic mass is 35.5. The smallest absolute Gasteiger partial charge is 0.265 e. The van der Waals surface area contributed by atoms with E-state index in [4.69, 9.17) is 35.4 Å². The first kappa shape index (κ1) is 15.5. The number of anilines is 2. The third-order valence-electron chi connectivity index (χ3n) is 2.59. The molecule has 4 nitrogen and oxygen atoms in total. The molecule has 0 saturated carbocycles. The van der Waals surface area contributed by atoms with Gasteiger partial charge in [-0.3, -0.25) is 4.72 Å². The van der Waals surface area contributed by atoms with E-state index in [1.807, 2.05) is 0 Å². The minimum absolute atomic E-state index is 0.0342. The Morgan fingerprint density at radius 2 is 1.90 bits per heavy atom. The standard InChI is InChI=1S/C14H10Cl2N2O2S/c1-2-9-4-3-5-11(6-9)18-21(19,20)14-12(16)7-10(15)8-13(14)17/h1,3-8,18H,17H2. The van der Waals surface area contributed by atoms with Crippen molar-refractivity contribution in [1.82, 2.24) is 0 Å². The van der Waals surface area contributed by atoms with Gasteiger partial charge in [-0.15, -0.1) is 6.42 Å². The molecule has 2 aromatic carbocycles. The molecular formula is C14H10Cl2N2O2S. The summed E-state index contributed by atoms with van der Waals surface area (Å²) in [4.78, 5) is -0.223. The van der Waals surface area contributed by atoms with E-state index >= 15 is 0 Å². The Labute approximate surface area is 132 Å². The van der Waals surface area contributed by atoms with E-state index < -0.39 is 10.0 Å². The zero-order chi connectivity index (χ0) is 15.6. The molecule has 3 N–H and O–H groups in total.